The molecule has 30 heavy (non-hydrogen) atoms. The molecule has 2 aromatic rings. The largest absolute Gasteiger partial charge is 0.362 e. The van der Waals surface area contributed by atoms with Gasteiger partial charge in [-0.15, -0.1) is 0 Å². The van der Waals surface area contributed by atoms with Crippen LogP contribution in [0.25, 0.3) is 5.57 Å². The second-order valence-corrected chi connectivity index (χ2v) is 8.17. The average molecular weight is 406 g/mol. The highest BCUT2D eigenvalue weighted by atomic mass is 19.1. The summed E-state index contributed by atoms with van der Waals surface area (Å²) >= 11 is 0. The Morgan fingerprint density at radius 3 is 2.43 bits per heavy atom. The molecular weight excluding hydrogens is 382 g/mol. The monoisotopic (exact) mass is 406 g/mol. The number of ether oxygens (including phenoxy) is 1. The number of halogens is 2. The van der Waals surface area contributed by atoms with Gasteiger partial charge in [-0.25, -0.2) is 8.78 Å². The third kappa shape index (κ3) is 4.08. The minimum atomic E-state index is -0.548. The molecule has 1 N–H and O–H groups in total. The molecule has 2 aromatic carbocycles. The second kappa shape index (κ2) is 8.15. The second-order valence-electron chi connectivity index (χ2n) is 8.17. The molecule has 0 spiro atoms. The lowest BCUT2D eigenvalue weighted by atomic mass is 9.98. The molecule has 1 fully saturated rings. The zero-order valence-electron chi connectivity index (χ0n) is 16.7. The van der Waals surface area contributed by atoms with Crippen molar-refractivity contribution in [2.75, 3.05) is 6.61 Å². The predicted molar refractivity (Wildman–Crippen MR) is 114 cm³/mol. The van der Waals surface area contributed by atoms with Crippen molar-refractivity contribution in [2.24, 2.45) is 10.9 Å². The highest BCUT2D eigenvalue weighted by molar-refractivity contribution is 6.02. The molecule has 0 aromatic heterocycles. The van der Waals surface area contributed by atoms with Crippen LogP contribution in [0.2, 0.25) is 0 Å². The Kier molecular flexibility index (Phi) is 5.21. The molecule has 0 amide bonds. The van der Waals surface area contributed by atoms with Gasteiger partial charge in [-0.2, -0.15) is 0 Å². The number of nitrogens with one attached hydrogen (secondary N) is 1. The fourth-order valence-corrected chi connectivity index (χ4v) is 3.97. The summed E-state index contributed by atoms with van der Waals surface area (Å²) in [5.41, 5.74) is 3.78. The summed E-state index contributed by atoms with van der Waals surface area (Å²) in [6.45, 7) is 0.820. The van der Waals surface area contributed by atoms with Gasteiger partial charge in [0.2, 0.25) is 0 Å². The number of hydrogen-bond acceptors (Lipinski definition) is 3. The van der Waals surface area contributed by atoms with Crippen LogP contribution < -0.4 is 5.32 Å². The van der Waals surface area contributed by atoms with Crippen LogP contribution in [0.5, 0.6) is 0 Å². The SMILES string of the molecule is Fc1cccc(F)c1C1=NC(c2ccc(C3=CNC(OCC4CC4)C=C3)cc2)CC1. The Hall–Kier alpha value is -2.79. The maximum absolute atomic E-state index is 14.1. The first-order valence-electron chi connectivity index (χ1n) is 10.5. The summed E-state index contributed by atoms with van der Waals surface area (Å²) in [5.74, 6) is -0.355. The van der Waals surface area contributed by atoms with Crippen LogP contribution in [-0.4, -0.2) is 18.5 Å². The first-order valence-corrected chi connectivity index (χ1v) is 10.5. The molecule has 1 saturated carbocycles. The molecule has 2 unspecified atom stereocenters. The molecule has 154 valence electrons. The number of allylic oxidation sites excluding steroid dienone is 2. The zero-order valence-corrected chi connectivity index (χ0v) is 16.7. The number of benzene rings is 2. The van der Waals surface area contributed by atoms with Crippen molar-refractivity contribution in [1.29, 1.82) is 0 Å². The van der Waals surface area contributed by atoms with Crippen LogP contribution >= 0.6 is 0 Å². The van der Waals surface area contributed by atoms with Crippen LogP contribution in [0.4, 0.5) is 8.78 Å². The summed E-state index contributed by atoms with van der Waals surface area (Å²) < 4.78 is 34.0. The molecule has 5 heteroatoms. The van der Waals surface area contributed by atoms with E-state index >= 15 is 0 Å². The summed E-state index contributed by atoms with van der Waals surface area (Å²) in [6, 6.07) is 12.1. The Morgan fingerprint density at radius 1 is 1.00 bits per heavy atom. The quantitative estimate of drug-likeness (QED) is 0.683. The van der Waals surface area contributed by atoms with E-state index in [-0.39, 0.29) is 17.8 Å². The van der Waals surface area contributed by atoms with Crippen molar-refractivity contribution in [2.45, 2.75) is 38.0 Å². The van der Waals surface area contributed by atoms with Gasteiger partial charge < -0.3 is 10.1 Å². The van der Waals surface area contributed by atoms with Gasteiger partial charge in [0.25, 0.3) is 0 Å². The predicted octanol–water partition coefficient (Wildman–Crippen LogP) is 5.54. The molecule has 3 aliphatic rings. The third-order valence-corrected chi connectivity index (χ3v) is 5.91. The minimum Gasteiger partial charge on any atom is -0.362 e. The van der Waals surface area contributed by atoms with Crippen LogP contribution in [0.1, 0.15) is 48.4 Å². The maximum atomic E-state index is 14.1. The molecule has 5 rings (SSSR count). The molecular formula is C25H24F2N2O. The van der Waals surface area contributed by atoms with Gasteiger partial charge in [0, 0.05) is 11.9 Å². The Bertz CT molecular complexity index is 1000. The molecule has 0 bridgehead atoms. The maximum Gasteiger partial charge on any atom is 0.146 e. The van der Waals surface area contributed by atoms with E-state index in [9.17, 15) is 8.78 Å². The lowest BCUT2D eigenvalue weighted by molar-refractivity contribution is 0.0635. The van der Waals surface area contributed by atoms with Crippen LogP contribution in [0.3, 0.4) is 0 Å². The summed E-state index contributed by atoms with van der Waals surface area (Å²) in [4.78, 5) is 4.62. The smallest absolute Gasteiger partial charge is 0.146 e. The Labute approximate surface area is 175 Å². The average Bonchev–Trinajstić information content (AvgIpc) is 3.48. The van der Waals surface area contributed by atoms with Crippen molar-refractivity contribution >= 4 is 11.3 Å². The highest BCUT2D eigenvalue weighted by Gasteiger charge is 2.25. The summed E-state index contributed by atoms with van der Waals surface area (Å²) in [7, 11) is 0. The van der Waals surface area contributed by atoms with Crippen molar-refractivity contribution in [3.8, 4) is 0 Å². The summed E-state index contributed by atoms with van der Waals surface area (Å²) in [5, 5.41) is 3.29. The van der Waals surface area contributed by atoms with E-state index in [0.717, 1.165) is 35.6 Å². The Morgan fingerprint density at radius 2 is 1.77 bits per heavy atom. The van der Waals surface area contributed by atoms with Gasteiger partial charge in [-0.1, -0.05) is 36.4 Å². The molecule has 0 saturated heterocycles. The normalized spacial score (nSPS) is 23.1. The van der Waals surface area contributed by atoms with E-state index in [2.05, 4.69) is 40.7 Å². The van der Waals surface area contributed by atoms with Gasteiger partial charge in [-0.3, -0.25) is 4.99 Å². The lowest BCUT2D eigenvalue weighted by Crippen LogP contribution is -2.28. The molecule has 2 heterocycles. The number of nitrogens with zero attached hydrogens (tertiary/aromatic N) is 1. The van der Waals surface area contributed by atoms with E-state index in [1.165, 1.54) is 31.0 Å². The van der Waals surface area contributed by atoms with Gasteiger partial charge in [0.05, 0.1) is 18.2 Å². The number of dihydropyridines is 1. The number of aliphatic imine (C=N–C) groups is 1. The lowest BCUT2D eigenvalue weighted by Gasteiger charge is -2.19. The molecule has 2 aliphatic heterocycles. The van der Waals surface area contributed by atoms with E-state index in [4.69, 9.17) is 4.74 Å². The molecule has 3 nitrogen and oxygen atoms in total. The third-order valence-electron chi connectivity index (χ3n) is 5.91. The van der Waals surface area contributed by atoms with Gasteiger partial charge in [-0.05, 0) is 66.5 Å². The molecule has 2 atom stereocenters. The fourth-order valence-electron chi connectivity index (χ4n) is 3.97. The van der Waals surface area contributed by atoms with Gasteiger partial charge in [0.1, 0.15) is 17.9 Å². The van der Waals surface area contributed by atoms with Crippen molar-refractivity contribution < 1.29 is 13.5 Å². The van der Waals surface area contributed by atoms with Crippen LogP contribution in [-0.2, 0) is 4.74 Å². The minimum absolute atomic E-state index is 0.0126. The van der Waals surface area contributed by atoms with E-state index in [1.807, 2.05) is 12.3 Å². The van der Waals surface area contributed by atoms with E-state index < -0.39 is 11.6 Å². The van der Waals surface area contributed by atoms with Gasteiger partial charge in [0.15, 0.2) is 0 Å². The zero-order chi connectivity index (χ0) is 20.5. The van der Waals surface area contributed by atoms with Crippen molar-refractivity contribution in [3.63, 3.8) is 0 Å². The van der Waals surface area contributed by atoms with Crippen molar-refractivity contribution in [1.82, 2.24) is 5.32 Å². The van der Waals surface area contributed by atoms with Gasteiger partial charge >= 0.3 is 0 Å². The van der Waals surface area contributed by atoms with E-state index in [0.29, 0.717) is 12.1 Å². The number of rotatable bonds is 6. The van der Waals surface area contributed by atoms with Crippen molar-refractivity contribution in [3.05, 3.63) is 89.1 Å². The Balaban J connectivity index is 1.26. The molecule has 1 aliphatic carbocycles. The fraction of sp³-hybridized carbons (Fsp3) is 0.320. The highest BCUT2D eigenvalue weighted by Crippen LogP contribution is 2.33. The first-order chi connectivity index (χ1) is 14.7. The van der Waals surface area contributed by atoms with E-state index in [1.54, 1.807) is 0 Å². The topological polar surface area (TPSA) is 33.6 Å². The van der Waals surface area contributed by atoms with Crippen LogP contribution in [0.15, 0.2) is 65.8 Å². The standard InChI is InChI=1S/C25H24F2N2O/c26-20-2-1-3-21(27)25(20)23-12-11-22(29-23)18-8-6-17(7-9-18)19-10-13-24(28-14-19)30-15-16-4-5-16/h1-3,6-10,13-14,16,22,24,28H,4-5,11-12,15H2. The molecule has 0 radical (unpaired) electrons. The summed E-state index contributed by atoms with van der Waals surface area (Å²) in [6.07, 6.45) is 9.95. The van der Waals surface area contributed by atoms with Crippen LogP contribution in [0, 0.1) is 17.6 Å². The number of hydrogen-bond donors (Lipinski definition) is 1. The first kappa shape index (κ1) is 19.2.